The van der Waals surface area contributed by atoms with Gasteiger partial charge in [-0.15, -0.1) is 0 Å². The van der Waals surface area contributed by atoms with E-state index in [1.165, 1.54) is 37.4 Å². The quantitative estimate of drug-likeness (QED) is 0.226. The molecule has 0 saturated carbocycles. The van der Waals surface area contributed by atoms with Crippen LogP contribution in [0.4, 0.5) is 0 Å². The molecule has 0 aliphatic heterocycles. The van der Waals surface area contributed by atoms with Gasteiger partial charge in [-0.1, -0.05) is 30.3 Å². The summed E-state index contributed by atoms with van der Waals surface area (Å²) < 4.78 is 10.5. The van der Waals surface area contributed by atoms with Gasteiger partial charge in [-0.25, -0.2) is 4.79 Å². The fraction of sp³-hybridized carbons (Fsp3) is 0.154. The Balaban J connectivity index is 1.71. The third kappa shape index (κ3) is 7.13. The number of ether oxygens (including phenoxy) is 2. The highest BCUT2D eigenvalue weighted by Crippen LogP contribution is 2.27. The molecule has 0 radical (unpaired) electrons. The van der Waals surface area contributed by atoms with Crippen molar-refractivity contribution >= 4 is 29.7 Å². The predicted molar refractivity (Wildman–Crippen MR) is 131 cm³/mol. The lowest BCUT2D eigenvalue weighted by Gasteiger charge is -2.14. The number of amides is 2. The molecule has 3 aromatic rings. The second-order valence-electron chi connectivity index (χ2n) is 7.76. The van der Waals surface area contributed by atoms with Crippen molar-refractivity contribution in [2.75, 3.05) is 13.1 Å². The first-order chi connectivity index (χ1) is 18.2. The molecule has 0 atom stereocenters. The van der Waals surface area contributed by atoms with Crippen LogP contribution in [0.3, 0.4) is 0 Å². The fourth-order valence-electron chi connectivity index (χ4n) is 3.17. The van der Waals surface area contributed by atoms with Gasteiger partial charge in [-0.3, -0.25) is 24.2 Å². The predicted octanol–water partition coefficient (Wildman–Crippen LogP) is 1.60. The van der Waals surface area contributed by atoms with E-state index in [0.29, 0.717) is 5.56 Å². The Hall–Kier alpha value is -5.26. The Kier molecular flexibility index (Phi) is 9.08. The maximum absolute atomic E-state index is 13.0. The molecule has 12 nitrogen and oxygen atoms in total. The summed E-state index contributed by atoms with van der Waals surface area (Å²) in [4.78, 5) is 64.4. The van der Waals surface area contributed by atoms with Crippen LogP contribution in [0.5, 0.6) is 11.5 Å². The molecular weight excluding hydrogens is 498 g/mol. The number of carbonyl (C=O) groups is 5. The number of rotatable bonds is 10. The number of aliphatic carboxylic acids is 1. The van der Waals surface area contributed by atoms with E-state index in [1.807, 2.05) is 0 Å². The van der Waals surface area contributed by atoms with Crippen molar-refractivity contribution in [1.29, 1.82) is 0 Å². The maximum atomic E-state index is 13.0. The second-order valence-corrected chi connectivity index (χ2v) is 7.76. The molecule has 12 heteroatoms. The molecule has 4 N–H and O–H groups in total. The first-order valence-electron chi connectivity index (χ1n) is 11.1. The zero-order chi connectivity index (χ0) is 27.7. The highest BCUT2D eigenvalue weighted by molar-refractivity contribution is 6.01. The standard InChI is InChI=1S/C26H23N3O9/c1-15-23(33)22(26(36)38-19-10-6-5-9-18(19)25(35)28-12-20(30)31)17(11-27-15)14-37-21(32)13-29-24(34)16-7-3-2-4-8-16/h2-11,33H,12-14H2,1H3,(H,28,35)(H,29,34)(H,30,31). The van der Waals surface area contributed by atoms with E-state index < -0.39 is 55.2 Å². The van der Waals surface area contributed by atoms with Crippen LogP contribution in [-0.4, -0.2) is 58.0 Å². The molecule has 0 bridgehead atoms. The minimum atomic E-state index is -1.26. The number of esters is 2. The SMILES string of the molecule is Cc1ncc(COC(=O)CNC(=O)c2ccccc2)c(C(=O)Oc2ccccc2C(=O)NCC(=O)O)c1O. The molecule has 38 heavy (non-hydrogen) atoms. The number of aromatic nitrogens is 1. The topological polar surface area (TPSA) is 181 Å². The molecular formula is C26H23N3O9. The van der Waals surface area contributed by atoms with E-state index in [2.05, 4.69) is 15.6 Å². The van der Waals surface area contributed by atoms with Gasteiger partial charge in [-0.05, 0) is 31.2 Å². The van der Waals surface area contributed by atoms with Gasteiger partial charge in [-0.2, -0.15) is 0 Å². The van der Waals surface area contributed by atoms with Gasteiger partial charge in [0.25, 0.3) is 11.8 Å². The van der Waals surface area contributed by atoms with Crippen molar-refractivity contribution < 1.29 is 43.7 Å². The maximum Gasteiger partial charge on any atom is 0.347 e. The van der Waals surface area contributed by atoms with Gasteiger partial charge in [0.1, 0.15) is 31.0 Å². The average Bonchev–Trinajstić information content (AvgIpc) is 2.91. The van der Waals surface area contributed by atoms with Crippen LogP contribution in [-0.2, 0) is 20.9 Å². The largest absolute Gasteiger partial charge is 0.505 e. The number of aryl methyl sites for hydroxylation is 1. The molecule has 2 amide bonds. The molecule has 0 aliphatic carbocycles. The van der Waals surface area contributed by atoms with Crippen molar-refractivity contribution in [2.24, 2.45) is 0 Å². The Labute approximate surface area is 216 Å². The third-order valence-corrected chi connectivity index (χ3v) is 5.07. The fourth-order valence-corrected chi connectivity index (χ4v) is 3.17. The molecule has 0 unspecified atom stereocenters. The minimum Gasteiger partial charge on any atom is -0.505 e. The third-order valence-electron chi connectivity index (χ3n) is 5.07. The van der Waals surface area contributed by atoms with Crippen LogP contribution in [0, 0.1) is 6.92 Å². The Bertz CT molecular complexity index is 1370. The summed E-state index contributed by atoms with van der Waals surface area (Å²) >= 11 is 0. The Morgan fingerprint density at radius 1 is 0.895 bits per heavy atom. The number of para-hydroxylation sites is 1. The number of carbonyl (C=O) groups excluding carboxylic acids is 4. The van der Waals surface area contributed by atoms with Crippen molar-refractivity contribution in [3.63, 3.8) is 0 Å². The summed E-state index contributed by atoms with van der Waals surface area (Å²) in [5.41, 5.74) is -0.00735. The number of carboxylic acids is 1. The van der Waals surface area contributed by atoms with Crippen LogP contribution < -0.4 is 15.4 Å². The van der Waals surface area contributed by atoms with Crippen molar-refractivity contribution in [2.45, 2.75) is 13.5 Å². The number of hydrogen-bond acceptors (Lipinski definition) is 9. The lowest BCUT2D eigenvalue weighted by molar-refractivity contribution is -0.143. The van der Waals surface area contributed by atoms with Gasteiger partial charge in [0.15, 0.2) is 5.75 Å². The molecule has 1 heterocycles. The molecule has 0 spiro atoms. The molecule has 0 saturated heterocycles. The van der Waals surface area contributed by atoms with Crippen molar-refractivity contribution in [1.82, 2.24) is 15.6 Å². The van der Waals surface area contributed by atoms with Gasteiger partial charge in [0.05, 0.1) is 11.3 Å². The number of benzene rings is 2. The van der Waals surface area contributed by atoms with Crippen molar-refractivity contribution in [3.8, 4) is 11.5 Å². The summed E-state index contributed by atoms with van der Waals surface area (Å²) in [5, 5.41) is 23.9. The Morgan fingerprint density at radius 3 is 2.26 bits per heavy atom. The number of carboxylic acid groups (broad SMARTS) is 1. The summed E-state index contributed by atoms with van der Waals surface area (Å²) in [6.45, 7) is -0.134. The second kappa shape index (κ2) is 12.6. The van der Waals surface area contributed by atoms with E-state index in [0.717, 1.165) is 0 Å². The van der Waals surface area contributed by atoms with E-state index in [9.17, 15) is 29.1 Å². The summed E-state index contributed by atoms with van der Waals surface area (Å²) in [6, 6.07) is 13.9. The lowest BCUT2D eigenvalue weighted by Crippen LogP contribution is -2.30. The van der Waals surface area contributed by atoms with Crippen molar-refractivity contribution in [3.05, 3.63) is 88.7 Å². The number of pyridine rings is 1. The molecule has 0 aliphatic rings. The van der Waals surface area contributed by atoms with Gasteiger partial charge >= 0.3 is 17.9 Å². The van der Waals surface area contributed by atoms with E-state index in [1.54, 1.807) is 30.3 Å². The molecule has 0 fully saturated rings. The van der Waals surface area contributed by atoms with Crippen LogP contribution in [0.15, 0.2) is 60.8 Å². The number of nitrogens with one attached hydrogen (secondary N) is 2. The molecule has 2 aromatic carbocycles. The monoisotopic (exact) mass is 521 g/mol. The first-order valence-corrected chi connectivity index (χ1v) is 11.1. The van der Waals surface area contributed by atoms with E-state index in [4.69, 9.17) is 14.6 Å². The molecule has 196 valence electrons. The van der Waals surface area contributed by atoms with Crippen LogP contribution in [0.25, 0.3) is 0 Å². The summed E-state index contributed by atoms with van der Waals surface area (Å²) in [7, 11) is 0. The zero-order valence-corrected chi connectivity index (χ0v) is 20.1. The number of hydrogen-bond donors (Lipinski definition) is 4. The minimum absolute atomic E-state index is 0.00801. The Morgan fingerprint density at radius 2 is 1.55 bits per heavy atom. The van der Waals surface area contributed by atoms with Gasteiger partial charge in [0.2, 0.25) is 0 Å². The normalized spacial score (nSPS) is 10.2. The lowest BCUT2D eigenvalue weighted by atomic mass is 10.1. The van der Waals surface area contributed by atoms with E-state index >= 15 is 0 Å². The first kappa shape index (κ1) is 27.3. The molecule has 1 aromatic heterocycles. The van der Waals surface area contributed by atoms with E-state index in [-0.39, 0.29) is 28.1 Å². The van der Waals surface area contributed by atoms with Gasteiger partial charge < -0.3 is 30.3 Å². The average molecular weight is 521 g/mol. The highest BCUT2D eigenvalue weighted by atomic mass is 16.5. The van der Waals surface area contributed by atoms with Crippen LogP contribution in [0.1, 0.15) is 42.3 Å². The smallest absolute Gasteiger partial charge is 0.347 e. The summed E-state index contributed by atoms with van der Waals surface area (Å²) in [5.74, 6) is -5.13. The van der Waals surface area contributed by atoms with Crippen LogP contribution in [0.2, 0.25) is 0 Å². The summed E-state index contributed by atoms with van der Waals surface area (Å²) in [6.07, 6.45) is 1.22. The number of aromatic hydroxyl groups is 1. The number of nitrogens with zero attached hydrogens (tertiary/aromatic N) is 1. The zero-order valence-electron chi connectivity index (χ0n) is 20.1. The highest BCUT2D eigenvalue weighted by Gasteiger charge is 2.24. The molecule has 3 rings (SSSR count). The van der Waals surface area contributed by atoms with Gasteiger partial charge in [0, 0.05) is 17.3 Å². The van der Waals surface area contributed by atoms with Crippen LogP contribution >= 0.6 is 0 Å².